The van der Waals surface area contributed by atoms with E-state index in [0.717, 1.165) is 26.2 Å². The molecule has 2 saturated heterocycles. The number of carbonyl (C=O) groups is 1. The summed E-state index contributed by atoms with van der Waals surface area (Å²) < 4.78 is 0. The number of hydrogen-bond donors (Lipinski definition) is 2. The molecule has 98 valence electrons. The maximum atomic E-state index is 12.1. The van der Waals surface area contributed by atoms with Crippen LogP contribution in [0.1, 0.15) is 19.8 Å². The molecular formula is C12H23N3OS. The minimum atomic E-state index is 0.0346. The fraction of sp³-hybridized carbons (Fsp3) is 0.917. The highest BCUT2D eigenvalue weighted by Gasteiger charge is 2.33. The van der Waals surface area contributed by atoms with Gasteiger partial charge in [0.2, 0.25) is 5.91 Å². The van der Waals surface area contributed by atoms with E-state index in [0.29, 0.717) is 6.04 Å². The summed E-state index contributed by atoms with van der Waals surface area (Å²) in [7, 11) is 0. The largest absolute Gasteiger partial charge is 0.355 e. The Morgan fingerprint density at radius 3 is 3.18 bits per heavy atom. The van der Waals surface area contributed by atoms with Crippen LogP contribution < -0.4 is 10.6 Å². The van der Waals surface area contributed by atoms with E-state index < -0.39 is 0 Å². The summed E-state index contributed by atoms with van der Waals surface area (Å²) in [5.74, 6) is 2.67. The zero-order valence-electron chi connectivity index (χ0n) is 10.6. The van der Waals surface area contributed by atoms with Crippen LogP contribution >= 0.6 is 11.8 Å². The standard InChI is InChI=1S/C12H23N3OS/c1-2-14-12(16)11-8-13-5-6-15(11)10-4-3-7-17-9-10/h10-11,13H,2-9H2,1H3,(H,14,16). The van der Waals surface area contributed by atoms with Crippen molar-refractivity contribution in [2.75, 3.05) is 37.7 Å². The van der Waals surface area contributed by atoms with Gasteiger partial charge in [-0.2, -0.15) is 11.8 Å². The van der Waals surface area contributed by atoms with E-state index in [-0.39, 0.29) is 11.9 Å². The van der Waals surface area contributed by atoms with Gasteiger partial charge in [0, 0.05) is 38.0 Å². The molecule has 0 aromatic rings. The Kier molecular flexibility index (Phi) is 5.13. The Bertz CT molecular complexity index is 256. The minimum Gasteiger partial charge on any atom is -0.355 e. The highest BCUT2D eigenvalue weighted by molar-refractivity contribution is 7.99. The predicted octanol–water partition coefficient (Wildman–Crippen LogP) is 0.292. The lowest BCUT2D eigenvalue weighted by atomic mass is 10.1. The van der Waals surface area contributed by atoms with Crippen LogP contribution in [0.2, 0.25) is 0 Å². The summed E-state index contributed by atoms with van der Waals surface area (Å²) in [6.45, 7) is 5.52. The third-order valence-corrected chi connectivity index (χ3v) is 4.74. The SMILES string of the molecule is CCNC(=O)C1CNCCN1C1CCCSC1. The fourth-order valence-electron chi connectivity index (χ4n) is 2.68. The number of nitrogens with one attached hydrogen (secondary N) is 2. The normalized spacial score (nSPS) is 31.1. The third kappa shape index (κ3) is 3.36. The van der Waals surface area contributed by atoms with Crippen LogP contribution in [0.25, 0.3) is 0 Å². The van der Waals surface area contributed by atoms with E-state index in [4.69, 9.17) is 0 Å². The topological polar surface area (TPSA) is 44.4 Å². The fourth-order valence-corrected chi connectivity index (χ4v) is 3.85. The van der Waals surface area contributed by atoms with Gasteiger partial charge in [0.15, 0.2) is 0 Å². The van der Waals surface area contributed by atoms with Gasteiger partial charge in [-0.25, -0.2) is 0 Å². The molecule has 0 aromatic carbocycles. The third-order valence-electron chi connectivity index (χ3n) is 3.54. The first-order chi connectivity index (χ1) is 8.33. The van der Waals surface area contributed by atoms with Crippen molar-refractivity contribution in [1.29, 1.82) is 0 Å². The van der Waals surface area contributed by atoms with Gasteiger partial charge in [0.25, 0.3) is 0 Å². The first-order valence-corrected chi connectivity index (χ1v) is 7.80. The van der Waals surface area contributed by atoms with Crippen LogP contribution in [-0.4, -0.2) is 60.6 Å². The molecule has 1 amide bonds. The molecule has 2 rings (SSSR count). The van der Waals surface area contributed by atoms with Crippen LogP contribution in [0.15, 0.2) is 0 Å². The van der Waals surface area contributed by atoms with Crippen molar-refractivity contribution in [3.8, 4) is 0 Å². The van der Waals surface area contributed by atoms with Gasteiger partial charge in [0.1, 0.15) is 6.04 Å². The van der Waals surface area contributed by atoms with Crippen LogP contribution in [0.3, 0.4) is 0 Å². The van der Waals surface area contributed by atoms with Gasteiger partial charge in [-0.15, -0.1) is 0 Å². The van der Waals surface area contributed by atoms with Gasteiger partial charge >= 0.3 is 0 Å². The molecule has 0 aliphatic carbocycles. The molecule has 0 saturated carbocycles. The van der Waals surface area contributed by atoms with Crippen LogP contribution in [0, 0.1) is 0 Å². The molecule has 17 heavy (non-hydrogen) atoms. The second-order valence-corrected chi connectivity index (χ2v) is 5.87. The van der Waals surface area contributed by atoms with E-state index in [1.807, 2.05) is 18.7 Å². The zero-order chi connectivity index (χ0) is 12.1. The number of likely N-dealkylation sites (N-methyl/N-ethyl adjacent to an activating group) is 1. The molecule has 0 aromatic heterocycles. The molecule has 0 spiro atoms. The smallest absolute Gasteiger partial charge is 0.238 e. The number of hydrogen-bond acceptors (Lipinski definition) is 4. The zero-order valence-corrected chi connectivity index (χ0v) is 11.4. The maximum absolute atomic E-state index is 12.1. The summed E-state index contributed by atoms with van der Waals surface area (Å²) in [6.07, 6.45) is 2.55. The van der Waals surface area contributed by atoms with Gasteiger partial charge in [0.05, 0.1) is 0 Å². The molecule has 0 bridgehead atoms. The average molecular weight is 257 g/mol. The van der Waals surface area contributed by atoms with Crippen molar-refractivity contribution in [2.24, 2.45) is 0 Å². The van der Waals surface area contributed by atoms with Gasteiger partial charge in [-0.05, 0) is 25.5 Å². The molecule has 2 N–H and O–H groups in total. The van der Waals surface area contributed by atoms with E-state index in [9.17, 15) is 4.79 Å². The van der Waals surface area contributed by atoms with Crippen molar-refractivity contribution >= 4 is 17.7 Å². The number of thioether (sulfide) groups is 1. The van der Waals surface area contributed by atoms with Gasteiger partial charge in [-0.1, -0.05) is 0 Å². The van der Waals surface area contributed by atoms with Gasteiger partial charge < -0.3 is 10.6 Å². The summed E-state index contributed by atoms with van der Waals surface area (Å²) in [4.78, 5) is 14.5. The second kappa shape index (κ2) is 6.61. The van der Waals surface area contributed by atoms with E-state index >= 15 is 0 Å². The molecule has 2 aliphatic heterocycles. The molecule has 2 unspecified atom stereocenters. The van der Waals surface area contributed by atoms with Gasteiger partial charge in [-0.3, -0.25) is 9.69 Å². The Morgan fingerprint density at radius 1 is 1.59 bits per heavy atom. The van der Waals surface area contributed by atoms with Crippen molar-refractivity contribution in [3.63, 3.8) is 0 Å². The first-order valence-electron chi connectivity index (χ1n) is 6.65. The van der Waals surface area contributed by atoms with Crippen molar-refractivity contribution in [1.82, 2.24) is 15.5 Å². The average Bonchev–Trinajstić information content (AvgIpc) is 2.40. The van der Waals surface area contributed by atoms with E-state index in [1.54, 1.807) is 0 Å². The lowest BCUT2D eigenvalue weighted by Crippen LogP contribution is -2.61. The monoisotopic (exact) mass is 257 g/mol. The van der Waals surface area contributed by atoms with Crippen molar-refractivity contribution in [2.45, 2.75) is 31.8 Å². The highest BCUT2D eigenvalue weighted by atomic mass is 32.2. The first kappa shape index (κ1) is 13.2. The van der Waals surface area contributed by atoms with E-state index in [2.05, 4.69) is 15.5 Å². The molecule has 0 radical (unpaired) electrons. The predicted molar refractivity (Wildman–Crippen MR) is 72.4 cm³/mol. The Balaban J connectivity index is 1.97. The van der Waals surface area contributed by atoms with Crippen LogP contribution in [0.4, 0.5) is 0 Å². The molecule has 2 aliphatic rings. The highest BCUT2D eigenvalue weighted by Crippen LogP contribution is 2.23. The van der Waals surface area contributed by atoms with Crippen LogP contribution in [0.5, 0.6) is 0 Å². The molecule has 4 nitrogen and oxygen atoms in total. The molecule has 2 atom stereocenters. The minimum absolute atomic E-state index is 0.0346. The second-order valence-electron chi connectivity index (χ2n) is 4.72. The Labute approximate surface area is 108 Å². The summed E-state index contributed by atoms with van der Waals surface area (Å²) in [6, 6.07) is 0.635. The number of rotatable bonds is 3. The Hall–Kier alpha value is -0.260. The lowest BCUT2D eigenvalue weighted by molar-refractivity contribution is -0.127. The maximum Gasteiger partial charge on any atom is 0.238 e. The van der Waals surface area contributed by atoms with Crippen LogP contribution in [-0.2, 0) is 4.79 Å². The molecular weight excluding hydrogens is 234 g/mol. The molecule has 2 heterocycles. The number of nitrogens with zero attached hydrogens (tertiary/aromatic N) is 1. The van der Waals surface area contributed by atoms with Crippen molar-refractivity contribution < 1.29 is 4.79 Å². The van der Waals surface area contributed by atoms with E-state index in [1.165, 1.54) is 24.3 Å². The van der Waals surface area contributed by atoms with Crippen molar-refractivity contribution in [3.05, 3.63) is 0 Å². The lowest BCUT2D eigenvalue weighted by Gasteiger charge is -2.41. The quantitative estimate of drug-likeness (QED) is 0.763. The summed E-state index contributed by atoms with van der Waals surface area (Å²) >= 11 is 2.03. The number of piperazine rings is 1. The molecule has 2 fully saturated rings. The Morgan fingerprint density at radius 2 is 2.47 bits per heavy atom. The number of carbonyl (C=O) groups excluding carboxylic acids is 1. The summed E-state index contributed by atoms with van der Waals surface area (Å²) in [5.41, 5.74) is 0. The summed E-state index contributed by atoms with van der Waals surface area (Å²) in [5, 5.41) is 6.29. The number of amides is 1. The molecule has 5 heteroatoms.